The standard InChI is InChI=1S/C18H25N3/c1-5-21(17-11-9-15(4)10-12-17)18-8-6-7-16(20-18)13-19-14(2)3/h6-12,14,19H,5,13H2,1-4H3. The fourth-order valence-corrected chi connectivity index (χ4v) is 2.23. The zero-order chi connectivity index (χ0) is 15.2. The van der Waals surface area contributed by atoms with Crippen molar-refractivity contribution in [2.75, 3.05) is 11.4 Å². The molecule has 3 heteroatoms. The quantitative estimate of drug-likeness (QED) is 0.867. The Hall–Kier alpha value is -1.87. The highest BCUT2D eigenvalue weighted by Crippen LogP contribution is 2.23. The van der Waals surface area contributed by atoms with Crippen molar-refractivity contribution in [3.05, 3.63) is 53.7 Å². The van der Waals surface area contributed by atoms with Crippen LogP contribution in [0.25, 0.3) is 0 Å². The lowest BCUT2D eigenvalue weighted by atomic mass is 10.2. The average molecular weight is 283 g/mol. The minimum absolute atomic E-state index is 0.467. The largest absolute Gasteiger partial charge is 0.327 e. The Morgan fingerprint density at radius 3 is 2.43 bits per heavy atom. The summed E-state index contributed by atoms with van der Waals surface area (Å²) in [5, 5.41) is 3.41. The van der Waals surface area contributed by atoms with Crippen LogP contribution in [0.4, 0.5) is 11.5 Å². The van der Waals surface area contributed by atoms with Gasteiger partial charge in [0.1, 0.15) is 5.82 Å². The second-order valence-corrected chi connectivity index (χ2v) is 5.60. The SMILES string of the molecule is CCN(c1ccc(C)cc1)c1cccc(CNC(C)C)n1. The zero-order valence-electron chi connectivity index (χ0n) is 13.4. The van der Waals surface area contributed by atoms with Crippen LogP contribution in [-0.4, -0.2) is 17.6 Å². The van der Waals surface area contributed by atoms with Gasteiger partial charge in [-0.1, -0.05) is 37.6 Å². The average Bonchev–Trinajstić information content (AvgIpc) is 2.48. The van der Waals surface area contributed by atoms with E-state index in [-0.39, 0.29) is 0 Å². The maximum atomic E-state index is 4.78. The Bertz CT molecular complexity index is 561. The molecule has 1 aromatic heterocycles. The van der Waals surface area contributed by atoms with Crippen LogP contribution >= 0.6 is 0 Å². The summed E-state index contributed by atoms with van der Waals surface area (Å²) >= 11 is 0. The summed E-state index contributed by atoms with van der Waals surface area (Å²) < 4.78 is 0. The van der Waals surface area contributed by atoms with E-state index < -0.39 is 0 Å². The topological polar surface area (TPSA) is 28.2 Å². The predicted molar refractivity (Wildman–Crippen MR) is 90.1 cm³/mol. The second-order valence-electron chi connectivity index (χ2n) is 5.60. The Morgan fingerprint density at radius 1 is 1.10 bits per heavy atom. The van der Waals surface area contributed by atoms with Gasteiger partial charge in [-0.15, -0.1) is 0 Å². The van der Waals surface area contributed by atoms with Crippen LogP contribution in [0.15, 0.2) is 42.5 Å². The molecule has 0 saturated carbocycles. The molecule has 0 saturated heterocycles. The fourth-order valence-electron chi connectivity index (χ4n) is 2.23. The highest BCUT2D eigenvalue weighted by atomic mass is 15.2. The molecule has 0 aliphatic carbocycles. The van der Waals surface area contributed by atoms with Gasteiger partial charge in [-0.05, 0) is 38.1 Å². The van der Waals surface area contributed by atoms with E-state index >= 15 is 0 Å². The van der Waals surface area contributed by atoms with Gasteiger partial charge in [0.25, 0.3) is 0 Å². The van der Waals surface area contributed by atoms with Crippen molar-refractivity contribution in [2.24, 2.45) is 0 Å². The molecule has 2 rings (SSSR count). The van der Waals surface area contributed by atoms with E-state index in [1.165, 1.54) is 11.3 Å². The third-order valence-electron chi connectivity index (χ3n) is 3.42. The fraction of sp³-hybridized carbons (Fsp3) is 0.389. The van der Waals surface area contributed by atoms with Gasteiger partial charge in [0.15, 0.2) is 0 Å². The van der Waals surface area contributed by atoms with E-state index in [9.17, 15) is 0 Å². The highest BCUT2D eigenvalue weighted by Gasteiger charge is 2.09. The monoisotopic (exact) mass is 283 g/mol. The van der Waals surface area contributed by atoms with Gasteiger partial charge in [0.05, 0.1) is 5.69 Å². The highest BCUT2D eigenvalue weighted by molar-refractivity contribution is 5.60. The molecule has 0 fully saturated rings. The molecule has 0 bridgehead atoms. The van der Waals surface area contributed by atoms with Crippen LogP contribution in [-0.2, 0) is 6.54 Å². The number of aryl methyl sites for hydroxylation is 1. The molecule has 1 heterocycles. The zero-order valence-corrected chi connectivity index (χ0v) is 13.4. The molecule has 0 aliphatic heterocycles. The lowest BCUT2D eigenvalue weighted by Crippen LogP contribution is -2.23. The maximum Gasteiger partial charge on any atom is 0.133 e. The van der Waals surface area contributed by atoms with Crippen molar-refractivity contribution in [1.29, 1.82) is 0 Å². The van der Waals surface area contributed by atoms with E-state index in [1.807, 2.05) is 0 Å². The van der Waals surface area contributed by atoms with Gasteiger partial charge in [0, 0.05) is 24.8 Å². The molecule has 21 heavy (non-hydrogen) atoms. The van der Waals surface area contributed by atoms with E-state index in [4.69, 9.17) is 4.98 Å². The second kappa shape index (κ2) is 7.23. The van der Waals surface area contributed by atoms with Crippen molar-refractivity contribution < 1.29 is 0 Å². The van der Waals surface area contributed by atoms with E-state index in [0.29, 0.717) is 6.04 Å². The molecular weight excluding hydrogens is 258 g/mol. The van der Waals surface area contributed by atoms with Crippen molar-refractivity contribution in [3.63, 3.8) is 0 Å². The molecule has 1 aromatic carbocycles. The predicted octanol–water partition coefficient (Wildman–Crippen LogP) is 4.05. The smallest absolute Gasteiger partial charge is 0.133 e. The third-order valence-corrected chi connectivity index (χ3v) is 3.42. The number of anilines is 2. The van der Waals surface area contributed by atoms with Crippen LogP contribution < -0.4 is 10.2 Å². The van der Waals surface area contributed by atoms with Gasteiger partial charge in [0.2, 0.25) is 0 Å². The first-order valence-electron chi connectivity index (χ1n) is 7.63. The molecule has 0 spiro atoms. The Balaban J connectivity index is 2.21. The number of nitrogens with one attached hydrogen (secondary N) is 1. The Morgan fingerprint density at radius 2 is 1.81 bits per heavy atom. The maximum absolute atomic E-state index is 4.78. The molecular formula is C18H25N3. The molecule has 2 aromatic rings. The molecule has 0 unspecified atom stereocenters. The summed E-state index contributed by atoms with van der Waals surface area (Å²) in [6.07, 6.45) is 0. The lowest BCUT2D eigenvalue weighted by molar-refractivity contribution is 0.581. The first-order chi connectivity index (χ1) is 10.1. The van der Waals surface area contributed by atoms with Crippen LogP contribution in [0.2, 0.25) is 0 Å². The molecule has 0 atom stereocenters. The Labute approximate surface area is 128 Å². The third kappa shape index (κ3) is 4.30. The summed E-state index contributed by atoms with van der Waals surface area (Å²) in [6, 6.07) is 15.3. The molecule has 112 valence electrons. The van der Waals surface area contributed by atoms with Crippen molar-refractivity contribution in [1.82, 2.24) is 10.3 Å². The van der Waals surface area contributed by atoms with Gasteiger partial charge in [-0.25, -0.2) is 4.98 Å². The van der Waals surface area contributed by atoms with E-state index in [1.54, 1.807) is 0 Å². The van der Waals surface area contributed by atoms with Gasteiger partial charge in [-0.2, -0.15) is 0 Å². The van der Waals surface area contributed by atoms with Crippen LogP contribution in [0.5, 0.6) is 0 Å². The van der Waals surface area contributed by atoms with Gasteiger partial charge >= 0.3 is 0 Å². The number of benzene rings is 1. The first-order valence-corrected chi connectivity index (χ1v) is 7.63. The summed E-state index contributed by atoms with van der Waals surface area (Å²) in [4.78, 5) is 7.01. The molecule has 0 amide bonds. The van der Waals surface area contributed by atoms with Crippen LogP contribution in [0.3, 0.4) is 0 Å². The van der Waals surface area contributed by atoms with E-state index in [2.05, 4.69) is 80.4 Å². The minimum atomic E-state index is 0.467. The number of pyridine rings is 1. The summed E-state index contributed by atoms with van der Waals surface area (Å²) in [6.45, 7) is 10.3. The van der Waals surface area contributed by atoms with Crippen molar-refractivity contribution >= 4 is 11.5 Å². The lowest BCUT2D eigenvalue weighted by Gasteiger charge is -2.23. The minimum Gasteiger partial charge on any atom is -0.327 e. The number of aromatic nitrogens is 1. The van der Waals surface area contributed by atoms with Gasteiger partial charge in [-0.3, -0.25) is 0 Å². The first kappa shape index (κ1) is 15.5. The Kier molecular flexibility index (Phi) is 5.34. The molecule has 3 nitrogen and oxygen atoms in total. The molecule has 1 N–H and O–H groups in total. The summed E-state index contributed by atoms with van der Waals surface area (Å²) in [5.74, 6) is 1.00. The van der Waals surface area contributed by atoms with Gasteiger partial charge < -0.3 is 10.2 Å². The summed E-state index contributed by atoms with van der Waals surface area (Å²) in [5.41, 5.74) is 3.54. The number of hydrogen-bond acceptors (Lipinski definition) is 3. The van der Waals surface area contributed by atoms with Crippen LogP contribution in [0, 0.1) is 6.92 Å². The molecule has 0 radical (unpaired) electrons. The van der Waals surface area contributed by atoms with Crippen LogP contribution in [0.1, 0.15) is 32.0 Å². The van der Waals surface area contributed by atoms with E-state index in [0.717, 1.165) is 24.6 Å². The summed E-state index contributed by atoms with van der Waals surface area (Å²) in [7, 11) is 0. The van der Waals surface area contributed by atoms with Crippen molar-refractivity contribution in [2.45, 2.75) is 40.3 Å². The number of nitrogens with zero attached hydrogens (tertiary/aromatic N) is 2. The number of hydrogen-bond donors (Lipinski definition) is 1. The normalized spacial score (nSPS) is 10.9. The molecule has 0 aliphatic rings. The number of rotatable bonds is 6. The van der Waals surface area contributed by atoms with Crippen molar-refractivity contribution in [3.8, 4) is 0 Å².